The topological polar surface area (TPSA) is 76.5 Å². The highest BCUT2D eigenvalue weighted by molar-refractivity contribution is 7.91. The van der Waals surface area contributed by atoms with E-state index in [0.29, 0.717) is 18.6 Å². The van der Waals surface area contributed by atoms with Crippen molar-refractivity contribution < 1.29 is 18.3 Å². The number of aliphatic hydroxyl groups is 1. The fourth-order valence-electron chi connectivity index (χ4n) is 2.04. The number of nitrogens with zero attached hydrogens (tertiary/aromatic N) is 1. The average Bonchev–Trinajstić information content (AvgIpc) is 2.37. The summed E-state index contributed by atoms with van der Waals surface area (Å²) in [6.07, 6.45) is 3.63. The van der Waals surface area contributed by atoms with E-state index in [2.05, 4.69) is 4.98 Å². The Bertz CT molecular complexity index is 460. The number of pyridine rings is 1. The Balaban J connectivity index is 1.80. The first-order chi connectivity index (χ1) is 8.57. The van der Waals surface area contributed by atoms with Crippen molar-refractivity contribution in [3.05, 3.63) is 24.5 Å². The second kappa shape index (κ2) is 5.67. The van der Waals surface area contributed by atoms with E-state index in [0.717, 1.165) is 0 Å². The molecule has 100 valence electrons. The van der Waals surface area contributed by atoms with Crippen molar-refractivity contribution in [2.45, 2.75) is 18.9 Å². The van der Waals surface area contributed by atoms with Crippen LogP contribution in [-0.4, -0.2) is 42.7 Å². The first-order valence-corrected chi connectivity index (χ1v) is 7.80. The van der Waals surface area contributed by atoms with E-state index in [1.807, 2.05) is 0 Å². The van der Waals surface area contributed by atoms with Crippen molar-refractivity contribution in [1.82, 2.24) is 4.98 Å². The molecule has 0 radical (unpaired) electrons. The zero-order chi connectivity index (χ0) is 13.0. The van der Waals surface area contributed by atoms with E-state index >= 15 is 0 Å². The van der Waals surface area contributed by atoms with Gasteiger partial charge in [-0.3, -0.25) is 4.98 Å². The van der Waals surface area contributed by atoms with E-state index in [-0.39, 0.29) is 24.0 Å². The van der Waals surface area contributed by atoms with Crippen molar-refractivity contribution >= 4 is 9.84 Å². The van der Waals surface area contributed by atoms with Crippen LogP contribution in [0.1, 0.15) is 12.8 Å². The molecule has 2 heterocycles. The lowest BCUT2D eigenvalue weighted by Crippen LogP contribution is -2.34. The van der Waals surface area contributed by atoms with Crippen molar-refractivity contribution in [2.75, 3.05) is 18.1 Å². The summed E-state index contributed by atoms with van der Waals surface area (Å²) in [4.78, 5) is 3.91. The molecule has 1 unspecified atom stereocenters. The van der Waals surface area contributed by atoms with Crippen LogP contribution in [0, 0.1) is 5.92 Å². The van der Waals surface area contributed by atoms with Gasteiger partial charge in [0.25, 0.3) is 0 Å². The first-order valence-electron chi connectivity index (χ1n) is 5.98. The lowest BCUT2D eigenvalue weighted by atomic mass is 9.97. The molecule has 0 aromatic carbocycles. The lowest BCUT2D eigenvalue weighted by Gasteiger charge is -2.26. The van der Waals surface area contributed by atoms with Crippen LogP contribution < -0.4 is 4.74 Å². The van der Waals surface area contributed by atoms with Crippen molar-refractivity contribution in [2.24, 2.45) is 5.92 Å². The normalized spacial score (nSPS) is 21.4. The zero-order valence-corrected chi connectivity index (χ0v) is 10.8. The third-order valence-corrected chi connectivity index (χ3v) is 4.91. The molecule has 1 aliphatic heterocycles. The van der Waals surface area contributed by atoms with Crippen molar-refractivity contribution in [3.63, 3.8) is 0 Å². The van der Waals surface area contributed by atoms with Gasteiger partial charge in [0, 0.05) is 6.20 Å². The van der Waals surface area contributed by atoms with Gasteiger partial charge in [-0.05, 0) is 30.9 Å². The third kappa shape index (κ3) is 3.68. The Hall–Kier alpha value is -1.14. The van der Waals surface area contributed by atoms with Gasteiger partial charge in [0.15, 0.2) is 0 Å². The van der Waals surface area contributed by atoms with Gasteiger partial charge in [0.05, 0.1) is 23.8 Å². The van der Waals surface area contributed by atoms with Crippen LogP contribution in [-0.2, 0) is 9.84 Å². The molecule has 1 aliphatic rings. The molecule has 1 fully saturated rings. The summed E-state index contributed by atoms with van der Waals surface area (Å²) in [6.45, 7) is 0.177. The Morgan fingerprint density at radius 2 is 2.17 bits per heavy atom. The fourth-order valence-corrected chi connectivity index (χ4v) is 3.57. The van der Waals surface area contributed by atoms with E-state index in [4.69, 9.17) is 4.74 Å². The van der Waals surface area contributed by atoms with Gasteiger partial charge in [-0.25, -0.2) is 8.42 Å². The number of aromatic nitrogens is 1. The van der Waals surface area contributed by atoms with Gasteiger partial charge >= 0.3 is 0 Å². The van der Waals surface area contributed by atoms with Crippen LogP contribution in [0.25, 0.3) is 0 Å². The molecule has 2 rings (SSSR count). The molecule has 1 atom stereocenters. The lowest BCUT2D eigenvalue weighted by molar-refractivity contribution is 0.0527. The summed E-state index contributed by atoms with van der Waals surface area (Å²) in [5.74, 6) is 0.952. The highest BCUT2D eigenvalue weighted by Crippen LogP contribution is 2.22. The minimum Gasteiger partial charge on any atom is -0.489 e. The van der Waals surface area contributed by atoms with E-state index in [1.165, 1.54) is 0 Å². The van der Waals surface area contributed by atoms with Gasteiger partial charge in [-0.1, -0.05) is 0 Å². The van der Waals surface area contributed by atoms with Gasteiger partial charge < -0.3 is 9.84 Å². The minimum absolute atomic E-state index is 0.00481. The van der Waals surface area contributed by atoms with E-state index in [1.54, 1.807) is 24.5 Å². The molecule has 6 heteroatoms. The number of hydrogen-bond donors (Lipinski definition) is 1. The van der Waals surface area contributed by atoms with E-state index in [9.17, 15) is 13.5 Å². The molecule has 0 bridgehead atoms. The Kier molecular flexibility index (Phi) is 4.19. The molecule has 0 saturated carbocycles. The maximum Gasteiger partial charge on any atom is 0.150 e. The molecule has 1 saturated heterocycles. The van der Waals surface area contributed by atoms with Gasteiger partial charge in [-0.2, -0.15) is 0 Å². The number of sulfone groups is 1. The molecule has 0 spiro atoms. The predicted molar refractivity (Wildman–Crippen MR) is 67.1 cm³/mol. The van der Waals surface area contributed by atoms with E-state index < -0.39 is 15.9 Å². The van der Waals surface area contributed by atoms with Crippen LogP contribution in [0.3, 0.4) is 0 Å². The summed E-state index contributed by atoms with van der Waals surface area (Å²) in [5.41, 5.74) is 0. The highest BCUT2D eigenvalue weighted by Gasteiger charge is 2.28. The van der Waals surface area contributed by atoms with Crippen molar-refractivity contribution in [1.29, 1.82) is 0 Å². The van der Waals surface area contributed by atoms with Crippen LogP contribution in [0.4, 0.5) is 0 Å². The molecule has 1 aromatic heterocycles. The summed E-state index contributed by atoms with van der Waals surface area (Å²) < 4.78 is 28.0. The standard InChI is InChI=1S/C12H17NO4S/c14-12(9-17-11-2-1-5-13-8-11)10-3-6-18(15,16)7-4-10/h1-2,5,8,10,12,14H,3-4,6-7,9H2. The molecule has 0 amide bonds. The SMILES string of the molecule is O=S1(=O)CCC(C(O)COc2cccnc2)CC1. The molecule has 0 aliphatic carbocycles. The van der Waals surface area contributed by atoms with Crippen molar-refractivity contribution in [3.8, 4) is 5.75 Å². The van der Waals surface area contributed by atoms with Crippen LogP contribution >= 0.6 is 0 Å². The number of hydrogen-bond acceptors (Lipinski definition) is 5. The molecular weight excluding hydrogens is 254 g/mol. The zero-order valence-electron chi connectivity index (χ0n) is 10.0. The Morgan fingerprint density at radius 3 is 2.78 bits per heavy atom. The molecule has 1 N–H and O–H groups in total. The average molecular weight is 271 g/mol. The molecule has 18 heavy (non-hydrogen) atoms. The smallest absolute Gasteiger partial charge is 0.150 e. The summed E-state index contributed by atoms with van der Waals surface area (Å²) >= 11 is 0. The summed E-state index contributed by atoms with van der Waals surface area (Å²) in [6, 6.07) is 3.53. The van der Waals surface area contributed by atoms with Crippen LogP contribution in [0.5, 0.6) is 5.75 Å². The largest absolute Gasteiger partial charge is 0.489 e. The van der Waals surface area contributed by atoms with Crippen LogP contribution in [0.2, 0.25) is 0 Å². The maximum atomic E-state index is 11.3. The quantitative estimate of drug-likeness (QED) is 0.870. The fraction of sp³-hybridized carbons (Fsp3) is 0.583. The number of rotatable bonds is 4. The molecule has 5 nitrogen and oxygen atoms in total. The maximum absolute atomic E-state index is 11.3. The second-order valence-corrected chi connectivity index (χ2v) is 6.86. The van der Waals surface area contributed by atoms with Gasteiger partial charge in [0.1, 0.15) is 22.2 Å². The summed E-state index contributed by atoms with van der Waals surface area (Å²) in [5, 5.41) is 9.97. The Labute approximate surface area is 107 Å². The number of ether oxygens (including phenoxy) is 1. The first kappa shape index (κ1) is 13.3. The second-order valence-electron chi connectivity index (χ2n) is 4.56. The molecular formula is C12H17NO4S. The predicted octanol–water partition coefficient (Wildman–Crippen LogP) is 0.646. The monoisotopic (exact) mass is 271 g/mol. The number of aliphatic hydroxyl groups excluding tert-OH is 1. The van der Waals surface area contributed by atoms with Gasteiger partial charge in [0.2, 0.25) is 0 Å². The minimum atomic E-state index is -2.88. The van der Waals surface area contributed by atoms with Crippen LogP contribution in [0.15, 0.2) is 24.5 Å². The molecule has 1 aromatic rings. The Morgan fingerprint density at radius 1 is 1.44 bits per heavy atom. The van der Waals surface area contributed by atoms with Gasteiger partial charge in [-0.15, -0.1) is 0 Å². The third-order valence-electron chi connectivity index (χ3n) is 3.20. The highest BCUT2D eigenvalue weighted by atomic mass is 32.2. The summed E-state index contributed by atoms with van der Waals surface area (Å²) in [7, 11) is -2.88.